The average Bonchev–Trinajstić information content (AvgIpc) is 2.39. The Kier molecular flexibility index (Phi) is 3.77. The fourth-order valence-corrected chi connectivity index (χ4v) is 1.69. The van der Waals surface area contributed by atoms with Crippen molar-refractivity contribution in [2.45, 2.75) is 38.3 Å². The molecule has 0 aromatic carbocycles. The van der Waals surface area contributed by atoms with Crippen molar-refractivity contribution in [3.63, 3.8) is 0 Å². The molecule has 0 fully saturated rings. The standard InChI is InChI=1S/C10H13F3O2/c1-15-8-6-4-2-3-5-7(8)9(14)10(11,12)13/h2-6H2,1H3. The van der Waals surface area contributed by atoms with Crippen LogP contribution in [0.3, 0.4) is 0 Å². The molecule has 86 valence electrons. The summed E-state index contributed by atoms with van der Waals surface area (Å²) in [5, 5.41) is 0. The van der Waals surface area contributed by atoms with E-state index in [1.165, 1.54) is 7.11 Å². The Bertz CT molecular complexity index is 279. The van der Waals surface area contributed by atoms with Crippen LogP contribution >= 0.6 is 0 Å². The van der Waals surface area contributed by atoms with Crippen LogP contribution in [-0.4, -0.2) is 19.1 Å². The minimum absolute atomic E-state index is 0.168. The third-order valence-electron chi connectivity index (χ3n) is 2.45. The van der Waals surface area contributed by atoms with Gasteiger partial charge in [0.05, 0.1) is 7.11 Å². The van der Waals surface area contributed by atoms with Gasteiger partial charge in [-0.25, -0.2) is 0 Å². The maximum atomic E-state index is 12.2. The van der Waals surface area contributed by atoms with E-state index in [1.807, 2.05) is 0 Å². The molecule has 0 saturated carbocycles. The second kappa shape index (κ2) is 4.68. The van der Waals surface area contributed by atoms with Gasteiger partial charge in [-0.2, -0.15) is 13.2 Å². The molecule has 0 atom stereocenters. The molecule has 0 radical (unpaired) electrons. The summed E-state index contributed by atoms with van der Waals surface area (Å²) in [5.74, 6) is -1.55. The third-order valence-corrected chi connectivity index (χ3v) is 2.45. The van der Waals surface area contributed by atoms with Crippen LogP contribution in [-0.2, 0) is 9.53 Å². The van der Waals surface area contributed by atoms with Crippen molar-refractivity contribution < 1.29 is 22.7 Å². The first-order valence-corrected chi connectivity index (χ1v) is 4.84. The van der Waals surface area contributed by atoms with Gasteiger partial charge in [0.15, 0.2) is 0 Å². The highest BCUT2D eigenvalue weighted by molar-refractivity contribution is 6.00. The molecule has 0 amide bonds. The van der Waals surface area contributed by atoms with Crippen molar-refractivity contribution in [2.75, 3.05) is 7.11 Å². The normalized spacial score (nSPS) is 18.7. The monoisotopic (exact) mass is 222 g/mol. The Morgan fingerprint density at radius 3 is 2.33 bits per heavy atom. The van der Waals surface area contributed by atoms with Crippen molar-refractivity contribution in [1.82, 2.24) is 0 Å². The number of Topliss-reactive ketones (excluding diaryl/α,β-unsaturated/α-hetero) is 1. The highest BCUT2D eigenvalue weighted by atomic mass is 19.4. The summed E-state index contributed by atoms with van der Waals surface area (Å²) >= 11 is 0. The first-order chi connectivity index (χ1) is 6.96. The van der Waals surface area contributed by atoms with E-state index in [9.17, 15) is 18.0 Å². The maximum Gasteiger partial charge on any atom is 0.454 e. The number of hydrogen-bond acceptors (Lipinski definition) is 2. The van der Waals surface area contributed by atoms with E-state index in [-0.39, 0.29) is 17.8 Å². The van der Waals surface area contributed by atoms with E-state index >= 15 is 0 Å². The fourth-order valence-electron chi connectivity index (χ4n) is 1.69. The zero-order valence-electron chi connectivity index (χ0n) is 8.49. The van der Waals surface area contributed by atoms with Crippen molar-refractivity contribution in [3.05, 3.63) is 11.3 Å². The molecular formula is C10H13F3O2. The summed E-state index contributed by atoms with van der Waals surface area (Å²) < 4.78 is 41.6. The topological polar surface area (TPSA) is 26.3 Å². The molecule has 0 unspecified atom stereocenters. The van der Waals surface area contributed by atoms with Gasteiger partial charge < -0.3 is 4.74 Å². The number of rotatable bonds is 2. The van der Waals surface area contributed by atoms with E-state index in [4.69, 9.17) is 4.74 Å². The predicted molar refractivity (Wildman–Crippen MR) is 48.2 cm³/mol. The van der Waals surface area contributed by atoms with Gasteiger partial charge in [-0.3, -0.25) is 4.79 Å². The van der Waals surface area contributed by atoms with Crippen molar-refractivity contribution in [3.8, 4) is 0 Å². The fraction of sp³-hybridized carbons (Fsp3) is 0.700. The van der Waals surface area contributed by atoms with Crippen LogP contribution in [0.2, 0.25) is 0 Å². The Labute approximate surface area is 86.1 Å². The first-order valence-electron chi connectivity index (χ1n) is 4.84. The van der Waals surface area contributed by atoms with E-state index in [0.29, 0.717) is 12.8 Å². The van der Waals surface area contributed by atoms with E-state index in [0.717, 1.165) is 12.8 Å². The van der Waals surface area contributed by atoms with Gasteiger partial charge in [-0.15, -0.1) is 0 Å². The van der Waals surface area contributed by atoms with Gasteiger partial charge in [-0.1, -0.05) is 6.42 Å². The molecule has 1 rings (SSSR count). The van der Waals surface area contributed by atoms with Gasteiger partial charge in [0.25, 0.3) is 5.78 Å². The zero-order valence-corrected chi connectivity index (χ0v) is 8.49. The number of ketones is 1. The lowest BCUT2D eigenvalue weighted by Gasteiger charge is -2.12. The average molecular weight is 222 g/mol. The molecule has 0 N–H and O–H groups in total. The van der Waals surface area contributed by atoms with Crippen LogP contribution in [0, 0.1) is 0 Å². The molecule has 0 aromatic rings. The van der Waals surface area contributed by atoms with Crippen LogP contribution in [0.4, 0.5) is 13.2 Å². The summed E-state index contributed by atoms with van der Waals surface area (Å²) in [4.78, 5) is 11.1. The lowest BCUT2D eigenvalue weighted by atomic mass is 10.0. The molecule has 1 aliphatic carbocycles. The highest BCUT2D eigenvalue weighted by Crippen LogP contribution is 2.30. The van der Waals surface area contributed by atoms with Gasteiger partial charge >= 0.3 is 6.18 Å². The highest BCUT2D eigenvalue weighted by Gasteiger charge is 2.41. The van der Waals surface area contributed by atoms with Crippen molar-refractivity contribution in [1.29, 1.82) is 0 Å². The SMILES string of the molecule is COC1=C(C(=O)C(F)(F)F)CCCCC1. The number of hydrogen-bond donors (Lipinski definition) is 0. The molecule has 0 heterocycles. The smallest absolute Gasteiger partial charge is 0.454 e. The van der Waals surface area contributed by atoms with Crippen LogP contribution in [0.5, 0.6) is 0 Å². The largest absolute Gasteiger partial charge is 0.501 e. The summed E-state index contributed by atoms with van der Waals surface area (Å²) in [6.07, 6.45) is -1.97. The van der Waals surface area contributed by atoms with Crippen molar-refractivity contribution in [2.24, 2.45) is 0 Å². The Balaban J connectivity index is 2.96. The summed E-state index contributed by atoms with van der Waals surface area (Å²) in [5.41, 5.74) is -0.192. The zero-order chi connectivity index (χ0) is 11.5. The van der Waals surface area contributed by atoms with E-state index in [2.05, 4.69) is 0 Å². The van der Waals surface area contributed by atoms with Gasteiger partial charge in [-0.05, 0) is 19.3 Å². The Morgan fingerprint density at radius 1 is 1.20 bits per heavy atom. The lowest BCUT2D eigenvalue weighted by molar-refractivity contribution is -0.167. The number of carbonyl (C=O) groups is 1. The van der Waals surface area contributed by atoms with E-state index < -0.39 is 12.0 Å². The molecule has 0 saturated heterocycles. The first kappa shape index (κ1) is 12.1. The minimum atomic E-state index is -4.79. The number of allylic oxidation sites excluding steroid dienone is 2. The van der Waals surface area contributed by atoms with Crippen LogP contribution in [0.1, 0.15) is 32.1 Å². The maximum absolute atomic E-state index is 12.2. The molecular weight excluding hydrogens is 209 g/mol. The quantitative estimate of drug-likeness (QED) is 0.717. The van der Waals surface area contributed by atoms with Crippen LogP contribution in [0.25, 0.3) is 0 Å². The predicted octanol–water partition coefficient (Wildman–Crippen LogP) is 2.98. The number of carbonyl (C=O) groups excluding carboxylic acids is 1. The molecule has 15 heavy (non-hydrogen) atoms. The van der Waals surface area contributed by atoms with Gasteiger partial charge in [0.2, 0.25) is 0 Å². The summed E-state index contributed by atoms with van der Waals surface area (Å²) in [7, 11) is 1.31. The molecule has 5 heteroatoms. The molecule has 0 spiro atoms. The van der Waals surface area contributed by atoms with Gasteiger partial charge in [0, 0.05) is 12.0 Å². The third kappa shape index (κ3) is 2.97. The second-order valence-electron chi connectivity index (χ2n) is 3.49. The molecule has 2 nitrogen and oxygen atoms in total. The number of methoxy groups -OCH3 is 1. The van der Waals surface area contributed by atoms with Gasteiger partial charge in [0.1, 0.15) is 5.76 Å². The second-order valence-corrected chi connectivity index (χ2v) is 3.49. The number of alkyl halides is 3. The lowest BCUT2D eigenvalue weighted by Crippen LogP contribution is -2.25. The van der Waals surface area contributed by atoms with Crippen LogP contribution < -0.4 is 0 Å². The molecule has 0 bridgehead atoms. The van der Waals surface area contributed by atoms with E-state index in [1.54, 1.807) is 0 Å². The summed E-state index contributed by atoms with van der Waals surface area (Å²) in [6.45, 7) is 0. The van der Waals surface area contributed by atoms with Crippen LogP contribution in [0.15, 0.2) is 11.3 Å². The minimum Gasteiger partial charge on any atom is -0.501 e. The van der Waals surface area contributed by atoms with Crippen molar-refractivity contribution >= 4 is 5.78 Å². The molecule has 1 aliphatic rings. The number of halogens is 3. The summed E-state index contributed by atoms with van der Waals surface area (Å²) in [6, 6.07) is 0. The molecule has 0 aromatic heterocycles. The Morgan fingerprint density at radius 2 is 1.80 bits per heavy atom. The molecule has 0 aliphatic heterocycles. The number of ether oxygens (including phenoxy) is 1. The Hall–Kier alpha value is -1.00.